The number of rotatable bonds is 3. The van der Waals surface area contributed by atoms with Gasteiger partial charge in [0.1, 0.15) is 0 Å². The Morgan fingerprint density at radius 1 is 1.38 bits per heavy atom. The zero-order valence-electron chi connectivity index (χ0n) is 9.00. The molecular formula is C11H13ClN4. The van der Waals surface area contributed by atoms with Gasteiger partial charge < -0.3 is 11.1 Å². The van der Waals surface area contributed by atoms with Crippen molar-refractivity contribution in [3.05, 3.63) is 28.9 Å². The van der Waals surface area contributed by atoms with Crippen molar-refractivity contribution in [1.82, 2.24) is 15.3 Å². The summed E-state index contributed by atoms with van der Waals surface area (Å²) in [5.41, 5.74) is 7.42. The molecule has 0 fully saturated rings. The van der Waals surface area contributed by atoms with E-state index in [0.29, 0.717) is 11.0 Å². The molecule has 84 valence electrons. The molecule has 0 unspecified atom stereocenters. The maximum absolute atomic E-state index is 5.96. The fourth-order valence-electron chi connectivity index (χ4n) is 1.62. The Morgan fingerprint density at radius 2 is 2.19 bits per heavy atom. The van der Waals surface area contributed by atoms with Crippen LogP contribution in [0.15, 0.2) is 18.2 Å². The molecule has 0 bridgehead atoms. The van der Waals surface area contributed by atoms with E-state index in [1.807, 2.05) is 19.2 Å². The Kier molecular flexibility index (Phi) is 3.22. The molecule has 1 aromatic heterocycles. The summed E-state index contributed by atoms with van der Waals surface area (Å²) in [5, 5.41) is 4.74. The van der Waals surface area contributed by atoms with Gasteiger partial charge >= 0.3 is 0 Å². The highest BCUT2D eigenvalue weighted by atomic mass is 35.5. The minimum Gasteiger partial charge on any atom is -0.368 e. The van der Waals surface area contributed by atoms with Crippen LogP contribution in [0.1, 0.15) is 5.69 Å². The minimum absolute atomic E-state index is 0.306. The van der Waals surface area contributed by atoms with Crippen molar-refractivity contribution in [3.8, 4) is 0 Å². The molecule has 1 aromatic carbocycles. The number of hydrogen-bond acceptors (Lipinski definition) is 4. The Morgan fingerprint density at radius 3 is 2.94 bits per heavy atom. The van der Waals surface area contributed by atoms with E-state index in [2.05, 4.69) is 15.3 Å². The van der Waals surface area contributed by atoms with Gasteiger partial charge in [-0.2, -0.15) is 0 Å². The molecule has 0 amide bonds. The third kappa shape index (κ3) is 2.23. The number of anilines is 1. The van der Waals surface area contributed by atoms with E-state index in [4.69, 9.17) is 17.3 Å². The van der Waals surface area contributed by atoms with Crippen LogP contribution in [-0.4, -0.2) is 23.6 Å². The van der Waals surface area contributed by atoms with E-state index >= 15 is 0 Å². The second-order valence-electron chi connectivity index (χ2n) is 3.54. The van der Waals surface area contributed by atoms with Gasteiger partial charge in [0.2, 0.25) is 5.95 Å². The van der Waals surface area contributed by atoms with E-state index in [9.17, 15) is 0 Å². The van der Waals surface area contributed by atoms with E-state index in [1.165, 1.54) is 0 Å². The molecule has 0 radical (unpaired) electrons. The molecule has 0 spiro atoms. The van der Waals surface area contributed by atoms with Gasteiger partial charge in [0.05, 0.1) is 11.2 Å². The van der Waals surface area contributed by atoms with Gasteiger partial charge in [-0.25, -0.2) is 9.97 Å². The Labute approximate surface area is 98.8 Å². The number of aromatic nitrogens is 2. The van der Waals surface area contributed by atoms with Crippen LogP contribution >= 0.6 is 11.6 Å². The first-order chi connectivity index (χ1) is 7.70. The Bertz CT molecular complexity index is 513. The summed E-state index contributed by atoms with van der Waals surface area (Å²) in [7, 11) is 1.90. The van der Waals surface area contributed by atoms with Crippen molar-refractivity contribution >= 4 is 28.5 Å². The van der Waals surface area contributed by atoms with Crippen LogP contribution < -0.4 is 11.1 Å². The van der Waals surface area contributed by atoms with Gasteiger partial charge in [-0.15, -0.1) is 0 Å². The molecule has 4 nitrogen and oxygen atoms in total. The first-order valence-corrected chi connectivity index (χ1v) is 5.45. The molecule has 5 heteroatoms. The molecule has 2 rings (SSSR count). The van der Waals surface area contributed by atoms with Gasteiger partial charge in [-0.05, 0) is 25.2 Å². The molecule has 1 heterocycles. The summed E-state index contributed by atoms with van der Waals surface area (Å²) >= 11 is 5.96. The van der Waals surface area contributed by atoms with Crippen LogP contribution in [-0.2, 0) is 6.42 Å². The average Bonchev–Trinajstić information content (AvgIpc) is 2.26. The lowest BCUT2D eigenvalue weighted by Crippen LogP contribution is -2.12. The van der Waals surface area contributed by atoms with Crippen molar-refractivity contribution < 1.29 is 0 Å². The van der Waals surface area contributed by atoms with Gasteiger partial charge in [0.25, 0.3) is 0 Å². The molecule has 0 aliphatic rings. The number of halogens is 1. The zero-order valence-corrected chi connectivity index (χ0v) is 9.75. The second kappa shape index (κ2) is 4.63. The van der Waals surface area contributed by atoms with Gasteiger partial charge in [0, 0.05) is 23.4 Å². The molecule has 0 aliphatic carbocycles. The smallest absolute Gasteiger partial charge is 0.220 e. The topological polar surface area (TPSA) is 63.8 Å². The first-order valence-electron chi connectivity index (χ1n) is 5.07. The highest BCUT2D eigenvalue weighted by Gasteiger charge is 2.06. The van der Waals surface area contributed by atoms with Crippen molar-refractivity contribution in [2.45, 2.75) is 6.42 Å². The zero-order chi connectivity index (χ0) is 11.5. The van der Waals surface area contributed by atoms with Crippen LogP contribution in [0.4, 0.5) is 5.95 Å². The number of fused-ring (bicyclic) bond motifs is 1. The van der Waals surface area contributed by atoms with Crippen molar-refractivity contribution in [3.63, 3.8) is 0 Å². The van der Waals surface area contributed by atoms with Crippen LogP contribution in [0.2, 0.25) is 5.02 Å². The van der Waals surface area contributed by atoms with E-state index in [1.54, 1.807) is 6.07 Å². The monoisotopic (exact) mass is 236 g/mol. The van der Waals surface area contributed by atoms with Crippen molar-refractivity contribution in [1.29, 1.82) is 0 Å². The summed E-state index contributed by atoms with van der Waals surface area (Å²) in [4.78, 5) is 8.42. The lowest BCUT2D eigenvalue weighted by Gasteiger charge is -2.06. The number of nitrogen functional groups attached to an aromatic ring is 1. The number of likely N-dealkylation sites (N-methyl/N-ethyl adjacent to an activating group) is 1. The quantitative estimate of drug-likeness (QED) is 0.850. The third-order valence-electron chi connectivity index (χ3n) is 2.37. The van der Waals surface area contributed by atoms with Crippen molar-refractivity contribution in [2.75, 3.05) is 19.3 Å². The highest BCUT2D eigenvalue weighted by molar-refractivity contribution is 6.31. The largest absolute Gasteiger partial charge is 0.368 e. The lowest BCUT2D eigenvalue weighted by molar-refractivity contribution is 0.780. The summed E-state index contributed by atoms with van der Waals surface area (Å²) in [6.45, 7) is 0.845. The molecule has 0 saturated heterocycles. The maximum Gasteiger partial charge on any atom is 0.220 e. The number of nitrogens with two attached hydrogens (primary N) is 1. The van der Waals surface area contributed by atoms with Gasteiger partial charge in [0.15, 0.2) is 0 Å². The molecule has 0 saturated carbocycles. The normalized spacial score (nSPS) is 10.9. The van der Waals surface area contributed by atoms with E-state index < -0.39 is 0 Å². The highest BCUT2D eigenvalue weighted by Crippen LogP contribution is 2.21. The standard InChI is InChI=1S/C11H13ClN4/c1-14-5-4-10-8-6-7(12)2-3-9(8)15-11(13)16-10/h2-3,6,14H,4-5H2,1H3,(H2,13,15,16). The SMILES string of the molecule is CNCCc1nc(N)nc2ccc(Cl)cc12. The molecule has 3 N–H and O–H groups in total. The lowest BCUT2D eigenvalue weighted by atomic mass is 10.1. The molecular weight excluding hydrogens is 224 g/mol. The molecule has 0 atom stereocenters. The molecule has 0 aliphatic heterocycles. The minimum atomic E-state index is 0.306. The molecule has 16 heavy (non-hydrogen) atoms. The number of benzene rings is 1. The third-order valence-corrected chi connectivity index (χ3v) is 2.60. The van der Waals surface area contributed by atoms with E-state index in [-0.39, 0.29) is 0 Å². The predicted octanol–water partition coefficient (Wildman–Crippen LogP) is 1.63. The fourth-order valence-corrected chi connectivity index (χ4v) is 1.79. The molecule has 2 aromatic rings. The summed E-state index contributed by atoms with van der Waals surface area (Å²) in [6, 6.07) is 5.54. The predicted molar refractivity (Wildman–Crippen MR) is 66.6 cm³/mol. The second-order valence-corrected chi connectivity index (χ2v) is 3.98. The van der Waals surface area contributed by atoms with Crippen molar-refractivity contribution in [2.24, 2.45) is 0 Å². The summed E-state index contributed by atoms with van der Waals surface area (Å²) < 4.78 is 0. The van der Waals surface area contributed by atoms with Crippen LogP contribution in [0.5, 0.6) is 0 Å². The first kappa shape index (κ1) is 11.1. The fraction of sp³-hybridized carbons (Fsp3) is 0.273. The Hall–Kier alpha value is -1.39. The summed E-state index contributed by atoms with van der Waals surface area (Å²) in [5.74, 6) is 0.306. The summed E-state index contributed by atoms with van der Waals surface area (Å²) in [6.07, 6.45) is 0.806. The average molecular weight is 237 g/mol. The van der Waals surface area contributed by atoms with Gasteiger partial charge in [-0.1, -0.05) is 11.6 Å². The van der Waals surface area contributed by atoms with Crippen LogP contribution in [0, 0.1) is 0 Å². The number of hydrogen-bond donors (Lipinski definition) is 2. The number of nitrogens with zero attached hydrogens (tertiary/aromatic N) is 2. The van der Waals surface area contributed by atoms with E-state index in [0.717, 1.165) is 29.6 Å². The van der Waals surface area contributed by atoms with Gasteiger partial charge in [-0.3, -0.25) is 0 Å². The van der Waals surface area contributed by atoms with Crippen LogP contribution in [0.3, 0.4) is 0 Å². The maximum atomic E-state index is 5.96. The van der Waals surface area contributed by atoms with Crippen LogP contribution in [0.25, 0.3) is 10.9 Å². The Balaban J connectivity index is 2.55. The number of nitrogens with one attached hydrogen (secondary N) is 1.